The van der Waals surface area contributed by atoms with Gasteiger partial charge in [-0.15, -0.1) is 0 Å². The largest absolute Gasteiger partial charge is 0.350 e. The summed E-state index contributed by atoms with van der Waals surface area (Å²) in [5, 5.41) is 2.96. The van der Waals surface area contributed by atoms with Gasteiger partial charge in [0.1, 0.15) is 6.04 Å². The Kier molecular flexibility index (Phi) is 8.32. The van der Waals surface area contributed by atoms with E-state index >= 15 is 0 Å². The molecule has 0 spiro atoms. The molecule has 0 aliphatic carbocycles. The van der Waals surface area contributed by atoms with E-state index in [1.807, 2.05) is 32.0 Å². The molecule has 1 saturated heterocycles. The van der Waals surface area contributed by atoms with E-state index < -0.39 is 16.1 Å². The van der Waals surface area contributed by atoms with Crippen molar-refractivity contribution in [3.8, 4) is 0 Å². The number of hydrogen-bond donors (Lipinski definition) is 1. The Hall–Kier alpha value is -2.38. The van der Waals surface area contributed by atoms with Gasteiger partial charge in [0.05, 0.1) is 11.9 Å². The van der Waals surface area contributed by atoms with Crippen LogP contribution in [0.5, 0.6) is 0 Å². The van der Waals surface area contributed by atoms with Gasteiger partial charge in [-0.3, -0.25) is 14.0 Å². The Balaban J connectivity index is 1.70. The summed E-state index contributed by atoms with van der Waals surface area (Å²) >= 11 is 0. The molecular formula is C25H35N3O3S. The lowest BCUT2D eigenvalue weighted by Crippen LogP contribution is -2.49. The molecule has 6 nitrogen and oxygen atoms in total. The molecule has 2 aromatic rings. The minimum absolute atomic E-state index is 0.291. The molecule has 1 aliphatic heterocycles. The van der Waals surface area contributed by atoms with Crippen molar-refractivity contribution in [2.24, 2.45) is 0 Å². The number of benzene rings is 2. The van der Waals surface area contributed by atoms with Crippen LogP contribution in [-0.2, 0) is 27.9 Å². The number of aryl methyl sites for hydroxylation is 1. The highest BCUT2D eigenvalue weighted by Gasteiger charge is 2.31. The Labute approximate surface area is 192 Å². The zero-order valence-corrected chi connectivity index (χ0v) is 20.2. The molecule has 0 aromatic heterocycles. The molecule has 3 rings (SSSR count). The second kappa shape index (κ2) is 11.0. The third-order valence-electron chi connectivity index (χ3n) is 5.90. The third-order valence-corrected chi connectivity index (χ3v) is 7.08. The van der Waals surface area contributed by atoms with Crippen molar-refractivity contribution < 1.29 is 13.2 Å². The first kappa shape index (κ1) is 24.3. The van der Waals surface area contributed by atoms with Crippen LogP contribution in [0.15, 0.2) is 48.5 Å². The molecule has 0 saturated carbocycles. The molecule has 174 valence electrons. The van der Waals surface area contributed by atoms with E-state index in [1.54, 1.807) is 18.2 Å². The standard InChI is InChI=1S/C25H35N3O3S/c1-4-24(28(32(3,30)31)23-13-8-10-20(2)16-23)25(29)26-18-21-11-9-12-22(17-21)19-27-14-6-5-7-15-27/h8-13,16-17,24H,4-7,14-15,18-19H2,1-3H3,(H,26,29)/t24-/m1/s1. The van der Waals surface area contributed by atoms with Crippen LogP contribution in [0, 0.1) is 6.92 Å². The predicted octanol–water partition coefficient (Wildman–Crippen LogP) is 3.84. The van der Waals surface area contributed by atoms with Crippen LogP contribution in [0.3, 0.4) is 0 Å². The average Bonchev–Trinajstić information content (AvgIpc) is 2.76. The number of rotatable bonds is 9. The molecule has 1 aliphatic rings. The number of likely N-dealkylation sites (tertiary alicyclic amines) is 1. The summed E-state index contributed by atoms with van der Waals surface area (Å²) in [4.78, 5) is 15.5. The molecule has 0 radical (unpaired) electrons. The van der Waals surface area contributed by atoms with Crippen molar-refractivity contribution >= 4 is 21.6 Å². The first-order chi connectivity index (χ1) is 15.3. The van der Waals surface area contributed by atoms with E-state index in [4.69, 9.17) is 0 Å². The number of hydrogen-bond acceptors (Lipinski definition) is 4. The third kappa shape index (κ3) is 6.56. The maximum Gasteiger partial charge on any atom is 0.244 e. The van der Waals surface area contributed by atoms with Crippen molar-refractivity contribution in [3.63, 3.8) is 0 Å². The zero-order chi connectivity index (χ0) is 23.1. The maximum atomic E-state index is 13.1. The highest BCUT2D eigenvalue weighted by molar-refractivity contribution is 7.92. The molecule has 0 bridgehead atoms. The fourth-order valence-electron chi connectivity index (χ4n) is 4.35. The van der Waals surface area contributed by atoms with Crippen LogP contribution in [-0.4, -0.2) is 44.6 Å². The summed E-state index contributed by atoms with van der Waals surface area (Å²) in [5.41, 5.74) is 3.71. The Morgan fingerprint density at radius 3 is 2.41 bits per heavy atom. The molecule has 2 aromatic carbocycles. The first-order valence-electron chi connectivity index (χ1n) is 11.4. The van der Waals surface area contributed by atoms with Crippen LogP contribution < -0.4 is 9.62 Å². The van der Waals surface area contributed by atoms with Crippen molar-refractivity contribution in [1.29, 1.82) is 0 Å². The van der Waals surface area contributed by atoms with Crippen molar-refractivity contribution in [2.45, 2.75) is 58.7 Å². The van der Waals surface area contributed by atoms with Crippen molar-refractivity contribution in [1.82, 2.24) is 10.2 Å². The molecule has 7 heteroatoms. The van der Waals surface area contributed by atoms with Crippen LogP contribution in [0.4, 0.5) is 5.69 Å². The molecular weight excluding hydrogens is 422 g/mol. The Morgan fingerprint density at radius 1 is 1.06 bits per heavy atom. The minimum atomic E-state index is -3.63. The molecule has 1 atom stereocenters. The smallest absolute Gasteiger partial charge is 0.244 e. The van der Waals surface area contributed by atoms with E-state index in [9.17, 15) is 13.2 Å². The number of carbonyl (C=O) groups is 1. The van der Waals surface area contributed by atoms with E-state index in [-0.39, 0.29) is 5.91 Å². The number of sulfonamides is 1. The highest BCUT2D eigenvalue weighted by Crippen LogP contribution is 2.23. The van der Waals surface area contributed by atoms with Crippen LogP contribution in [0.25, 0.3) is 0 Å². The van der Waals surface area contributed by atoms with Crippen LogP contribution >= 0.6 is 0 Å². The van der Waals surface area contributed by atoms with Gasteiger partial charge in [-0.2, -0.15) is 0 Å². The van der Waals surface area contributed by atoms with Gasteiger partial charge in [0, 0.05) is 13.1 Å². The lowest BCUT2D eigenvalue weighted by Gasteiger charge is -2.30. The normalized spacial score (nSPS) is 15.8. The first-order valence-corrected chi connectivity index (χ1v) is 13.3. The van der Waals surface area contributed by atoms with Gasteiger partial charge in [-0.1, -0.05) is 49.7 Å². The highest BCUT2D eigenvalue weighted by atomic mass is 32.2. The molecule has 1 amide bonds. The quantitative estimate of drug-likeness (QED) is 0.621. The van der Waals surface area contributed by atoms with Crippen molar-refractivity contribution in [2.75, 3.05) is 23.7 Å². The second-order valence-electron chi connectivity index (χ2n) is 8.70. The van der Waals surface area contributed by atoms with Gasteiger partial charge >= 0.3 is 0 Å². The molecule has 32 heavy (non-hydrogen) atoms. The molecule has 1 fully saturated rings. The fraction of sp³-hybridized carbons (Fsp3) is 0.480. The van der Waals surface area contributed by atoms with E-state index in [0.717, 1.165) is 37.0 Å². The number of carbonyl (C=O) groups excluding carboxylic acids is 1. The SMILES string of the molecule is CC[C@H](C(=O)NCc1cccc(CN2CCCCC2)c1)N(c1cccc(C)c1)S(C)(=O)=O. The lowest BCUT2D eigenvalue weighted by atomic mass is 10.1. The fourth-order valence-corrected chi connectivity index (χ4v) is 5.55. The average molecular weight is 458 g/mol. The van der Waals surface area contributed by atoms with Gasteiger partial charge in [0.15, 0.2) is 0 Å². The number of nitrogens with one attached hydrogen (secondary N) is 1. The number of nitrogens with zero attached hydrogens (tertiary/aromatic N) is 2. The molecule has 1 N–H and O–H groups in total. The second-order valence-corrected chi connectivity index (χ2v) is 10.6. The predicted molar refractivity (Wildman–Crippen MR) is 130 cm³/mol. The van der Waals surface area contributed by atoms with E-state index in [1.165, 1.54) is 29.1 Å². The summed E-state index contributed by atoms with van der Waals surface area (Å²) in [7, 11) is -3.63. The Bertz CT molecular complexity index is 1020. The van der Waals surface area contributed by atoms with E-state index in [0.29, 0.717) is 18.7 Å². The van der Waals surface area contributed by atoms with Gasteiger partial charge < -0.3 is 5.32 Å². The summed E-state index contributed by atoms with van der Waals surface area (Å²) in [6.07, 6.45) is 5.35. The number of anilines is 1. The maximum absolute atomic E-state index is 13.1. The number of amides is 1. The summed E-state index contributed by atoms with van der Waals surface area (Å²) in [6, 6.07) is 14.7. The monoisotopic (exact) mass is 457 g/mol. The van der Waals surface area contributed by atoms with Crippen molar-refractivity contribution in [3.05, 3.63) is 65.2 Å². The van der Waals surface area contributed by atoms with E-state index in [2.05, 4.69) is 22.3 Å². The van der Waals surface area contributed by atoms with Gasteiger partial charge in [0.2, 0.25) is 15.9 Å². The van der Waals surface area contributed by atoms with Crippen LogP contribution in [0.1, 0.15) is 49.3 Å². The number of piperidine rings is 1. The van der Waals surface area contributed by atoms with Gasteiger partial charge in [-0.25, -0.2) is 8.42 Å². The topological polar surface area (TPSA) is 69.7 Å². The zero-order valence-electron chi connectivity index (χ0n) is 19.4. The summed E-state index contributed by atoms with van der Waals surface area (Å²) in [6.45, 7) is 7.31. The Morgan fingerprint density at radius 2 is 1.75 bits per heavy atom. The van der Waals surface area contributed by atoms with Gasteiger partial charge in [-0.05, 0) is 68.1 Å². The summed E-state index contributed by atoms with van der Waals surface area (Å²) in [5.74, 6) is -0.291. The van der Waals surface area contributed by atoms with Gasteiger partial charge in [0.25, 0.3) is 0 Å². The molecule has 1 heterocycles. The summed E-state index contributed by atoms with van der Waals surface area (Å²) < 4.78 is 26.4. The molecule has 0 unspecified atom stereocenters. The minimum Gasteiger partial charge on any atom is -0.350 e. The lowest BCUT2D eigenvalue weighted by molar-refractivity contribution is -0.122. The van der Waals surface area contributed by atoms with Crippen LogP contribution in [0.2, 0.25) is 0 Å².